The zero-order valence-electron chi connectivity index (χ0n) is 8.92. The van der Waals surface area contributed by atoms with Gasteiger partial charge in [-0.25, -0.2) is 18.2 Å². The van der Waals surface area contributed by atoms with E-state index >= 15 is 0 Å². The molecular formula is C10H4F5NOS2. The number of ether oxygens (including phenoxy) is 1. The average Bonchev–Trinajstić information content (AvgIpc) is 2.91. The molecule has 0 saturated carbocycles. The van der Waals surface area contributed by atoms with Gasteiger partial charge in [-0.1, -0.05) is 11.8 Å². The lowest BCUT2D eigenvalue weighted by Gasteiger charge is -2.09. The minimum Gasteiger partial charge on any atom is -0.476 e. The quantitative estimate of drug-likeness (QED) is 0.280. The normalized spacial score (nSPS) is 10.8. The third-order valence-corrected chi connectivity index (χ3v) is 3.76. The lowest BCUT2D eigenvalue weighted by Crippen LogP contribution is -2.06. The predicted octanol–water partition coefficient (Wildman–Crippen LogP) is 3.97. The SMILES string of the molecule is Fc1c(F)c(F)c(OCSc2nccs2)c(F)c1F. The molecule has 0 N–H and O–H groups in total. The van der Waals surface area contributed by atoms with E-state index in [9.17, 15) is 22.0 Å². The molecule has 2 nitrogen and oxygen atoms in total. The molecule has 2 aromatic rings. The van der Waals surface area contributed by atoms with Crippen LogP contribution in [0.2, 0.25) is 0 Å². The first kappa shape index (κ1) is 14.1. The zero-order chi connectivity index (χ0) is 14.0. The van der Waals surface area contributed by atoms with Crippen molar-refractivity contribution < 1.29 is 26.7 Å². The van der Waals surface area contributed by atoms with Crippen LogP contribution in [0.15, 0.2) is 15.9 Å². The fourth-order valence-corrected chi connectivity index (χ4v) is 2.49. The second kappa shape index (κ2) is 5.74. The van der Waals surface area contributed by atoms with Gasteiger partial charge >= 0.3 is 0 Å². The molecule has 2 rings (SSSR count). The monoisotopic (exact) mass is 313 g/mol. The van der Waals surface area contributed by atoms with Gasteiger partial charge in [-0.15, -0.1) is 11.3 Å². The van der Waals surface area contributed by atoms with E-state index in [1.807, 2.05) is 0 Å². The number of halogens is 5. The van der Waals surface area contributed by atoms with Crippen LogP contribution in [0.4, 0.5) is 22.0 Å². The lowest BCUT2D eigenvalue weighted by molar-refractivity contribution is 0.301. The number of aromatic nitrogens is 1. The van der Waals surface area contributed by atoms with Crippen LogP contribution in [0, 0.1) is 29.1 Å². The highest BCUT2D eigenvalue weighted by molar-refractivity contribution is 8.00. The van der Waals surface area contributed by atoms with E-state index in [0.717, 1.165) is 11.8 Å². The highest BCUT2D eigenvalue weighted by atomic mass is 32.2. The summed E-state index contributed by atoms with van der Waals surface area (Å²) >= 11 is 2.22. The van der Waals surface area contributed by atoms with Crippen molar-refractivity contribution in [2.45, 2.75) is 4.34 Å². The summed E-state index contributed by atoms with van der Waals surface area (Å²) in [6.45, 7) is 0. The Balaban J connectivity index is 2.16. The molecule has 9 heteroatoms. The molecule has 1 aromatic carbocycles. The van der Waals surface area contributed by atoms with Crippen LogP contribution >= 0.6 is 23.1 Å². The Morgan fingerprint density at radius 3 is 2.11 bits per heavy atom. The van der Waals surface area contributed by atoms with Gasteiger partial charge in [0, 0.05) is 11.6 Å². The van der Waals surface area contributed by atoms with E-state index in [1.165, 1.54) is 17.5 Å². The molecule has 0 aliphatic rings. The molecule has 0 bridgehead atoms. The van der Waals surface area contributed by atoms with E-state index in [-0.39, 0.29) is 5.94 Å². The molecule has 1 aromatic heterocycles. The van der Waals surface area contributed by atoms with Crippen LogP contribution in [-0.2, 0) is 0 Å². The molecule has 0 aliphatic carbocycles. The Bertz CT molecular complexity index is 561. The first-order valence-corrected chi connectivity index (χ1v) is 6.55. The van der Waals surface area contributed by atoms with Gasteiger partial charge < -0.3 is 4.74 Å². The molecule has 0 radical (unpaired) electrons. The summed E-state index contributed by atoms with van der Waals surface area (Å²) in [5.74, 6) is -11.9. The largest absolute Gasteiger partial charge is 0.476 e. The van der Waals surface area contributed by atoms with Gasteiger partial charge in [0.15, 0.2) is 10.1 Å². The van der Waals surface area contributed by atoms with E-state index in [2.05, 4.69) is 9.72 Å². The Labute approximate surface area is 112 Å². The third-order valence-electron chi connectivity index (χ3n) is 1.96. The minimum absolute atomic E-state index is 0.328. The topological polar surface area (TPSA) is 22.1 Å². The van der Waals surface area contributed by atoms with Crippen molar-refractivity contribution in [3.05, 3.63) is 40.7 Å². The molecule has 0 saturated heterocycles. The fourth-order valence-electron chi connectivity index (χ4n) is 1.13. The van der Waals surface area contributed by atoms with Crippen LogP contribution in [-0.4, -0.2) is 10.9 Å². The van der Waals surface area contributed by atoms with E-state index in [4.69, 9.17) is 0 Å². The Hall–Kier alpha value is -1.35. The maximum atomic E-state index is 13.2. The molecule has 0 spiro atoms. The summed E-state index contributed by atoms with van der Waals surface area (Å²) in [4.78, 5) is 3.85. The van der Waals surface area contributed by atoms with E-state index in [1.54, 1.807) is 5.38 Å². The van der Waals surface area contributed by atoms with Gasteiger partial charge in [0.1, 0.15) is 5.94 Å². The van der Waals surface area contributed by atoms with Gasteiger partial charge in [0.2, 0.25) is 29.1 Å². The van der Waals surface area contributed by atoms with Crippen molar-refractivity contribution in [2.75, 3.05) is 5.94 Å². The van der Waals surface area contributed by atoms with Gasteiger partial charge in [0.05, 0.1) is 0 Å². The highest BCUT2D eigenvalue weighted by Crippen LogP contribution is 2.30. The van der Waals surface area contributed by atoms with Gasteiger partial charge in [-0.05, 0) is 0 Å². The lowest BCUT2D eigenvalue weighted by atomic mass is 10.3. The second-order valence-electron chi connectivity index (χ2n) is 3.10. The third kappa shape index (κ3) is 2.81. The molecule has 0 aliphatic heterocycles. The summed E-state index contributed by atoms with van der Waals surface area (Å²) in [6, 6.07) is 0. The Kier molecular flexibility index (Phi) is 4.25. The number of nitrogens with zero attached hydrogens (tertiary/aromatic N) is 1. The predicted molar refractivity (Wildman–Crippen MR) is 59.7 cm³/mol. The molecule has 19 heavy (non-hydrogen) atoms. The van der Waals surface area contributed by atoms with Gasteiger partial charge in [-0.2, -0.15) is 8.78 Å². The van der Waals surface area contributed by atoms with Crippen LogP contribution in [0.3, 0.4) is 0 Å². The zero-order valence-corrected chi connectivity index (χ0v) is 10.6. The Morgan fingerprint density at radius 2 is 1.58 bits per heavy atom. The smallest absolute Gasteiger partial charge is 0.207 e. The number of hydrogen-bond acceptors (Lipinski definition) is 4. The van der Waals surface area contributed by atoms with E-state index < -0.39 is 34.8 Å². The molecule has 0 atom stereocenters. The number of thiazole rings is 1. The van der Waals surface area contributed by atoms with Crippen LogP contribution in [0.25, 0.3) is 0 Å². The van der Waals surface area contributed by atoms with Gasteiger partial charge in [0.25, 0.3) is 0 Å². The molecular weight excluding hydrogens is 309 g/mol. The summed E-state index contributed by atoms with van der Waals surface area (Å²) in [6.07, 6.45) is 1.51. The molecule has 0 unspecified atom stereocenters. The van der Waals surface area contributed by atoms with Crippen LogP contribution in [0.1, 0.15) is 0 Å². The summed E-state index contributed by atoms with van der Waals surface area (Å²) < 4.78 is 70.0. The minimum atomic E-state index is -2.21. The summed E-state index contributed by atoms with van der Waals surface area (Å²) in [5, 5.41) is 1.67. The maximum Gasteiger partial charge on any atom is 0.207 e. The standard InChI is InChI=1S/C10H4F5NOS2/c11-4-5(12)7(14)9(8(15)6(4)13)17-3-19-10-16-1-2-18-10/h1-2H,3H2. The van der Waals surface area contributed by atoms with Crippen molar-refractivity contribution in [1.82, 2.24) is 4.98 Å². The van der Waals surface area contributed by atoms with Crippen LogP contribution in [0.5, 0.6) is 5.75 Å². The first-order valence-electron chi connectivity index (χ1n) is 4.69. The van der Waals surface area contributed by atoms with Crippen molar-refractivity contribution in [2.24, 2.45) is 0 Å². The molecule has 102 valence electrons. The van der Waals surface area contributed by atoms with Crippen molar-refractivity contribution in [1.29, 1.82) is 0 Å². The molecule has 0 fully saturated rings. The number of thioether (sulfide) groups is 1. The molecule has 0 amide bonds. The Morgan fingerprint density at radius 1 is 1.00 bits per heavy atom. The number of rotatable bonds is 4. The summed E-state index contributed by atoms with van der Waals surface area (Å²) in [7, 11) is 0. The van der Waals surface area contributed by atoms with Crippen molar-refractivity contribution in [3.63, 3.8) is 0 Å². The van der Waals surface area contributed by atoms with Crippen molar-refractivity contribution in [3.8, 4) is 5.75 Å². The molecule has 1 heterocycles. The van der Waals surface area contributed by atoms with E-state index in [0.29, 0.717) is 4.34 Å². The summed E-state index contributed by atoms with van der Waals surface area (Å²) in [5.41, 5.74) is 0. The average molecular weight is 313 g/mol. The van der Waals surface area contributed by atoms with Crippen LogP contribution < -0.4 is 4.74 Å². The number of hydrogen-bond donors (Lipinski definition) is 0. The first-order chi connectivity index (χ1) is 9.02. The fraction of sp³-hybridized carbons (Fsp3) is 0.100. The van der Waals surface area contributed by atoms with Crippen molar-refractivity contribution >= 4 is 23.1 Å². The van der Waals surface area contributed by atoms with Gasteiger partial charge in [-0.3, -0.25) is 0 Å². The highest BCUT2D eigenvalue weighted by Gasteiger charge is 2.26. The second-order valence-corrected chi connectivity index (χ2v) is 5.17. The number of benzene rings is 1. The maximum absolute atomic E-state index is 13.2.